The van der Waals surface area contributed by atoms with Crippen LogP contribution in [-0.4, -0.2) is 24.3 Å². The molecule has 19 heavy (non-hydrogen) atoms. The van der Waals surface area contributed by atoms with Crippen LogP contribution in [0.25, 0.3) is 10.9 Å². The summed E-state index contributed by atoms with van der Waals surface area (Å²) >= 11 is 0. The molecule has 0 spiro atoms. The van der Waals surface area contributed by atoms with E-state index in [0.29, 0.717) is 6.54 Å². The largest absolute Gasteiger partial charge is 0.381 e. The number of halogens is 1. The lowest BCUT2D eigenvalue weighted by Crippen LogP contribution is -2.40. The van der Waals surface area contributed by atoms with Gasteiger partial charge in [-0.1, -0.05) is 0 Å². The van der Waals surface area contributed by atoms with Crippen LogP contribution in [0.1, 0.15) is 18.4 Å². The van der Waals surface area contributed by atoms with Crippen molar-refractivity contribution < 1.29 is 9.13 Å². The van der Waals surface area contributed by atoms with Crippen molar-refractivity contribution in [1.29, 1.82) is 0 Å². The minimum absolute atomic E-state index is 0.0778. The minimum Gasteiger partial charge on any atom is -0.381 e. The average Bonchev–Trinajstić information content (AvgIpc) is 2.77. The summed E-state index contributed by atoms with van der Waals surface area (Å²) in [5.41, 5.74) is 8.19. The van der Waals surface area contributed by atoms with E-state index < -0.39 is 0 Å². The molecule has 0 unspecified atom stereocenters. The number of hydrogen-bond donors (Lipinski definition) is 1. The van der Waals surface area contributed by atoms with Crippen molar-refractivity contribution in [3.63, 3.8) is 0 Å². The number of benzene rings is 1. The molecule has 0 saturated carbocycles. The fraction of sp³-hybridized carbons (Fsp3) is 0.467. The van der Waals surface area contributed by atoms with Crippen LogP contribution in [-0.2, 0) is 17.2 Å². The molecule has 2 N–H and O–H groups in total. The SMILES string of the molecule is Cn1cc(C2(CN)CCOCC2)c2cc(F)ccc21. The molecule has 3 nitrogen and oxygen atoms in total. The fourth-order valence-corrected chi connectivity index (χ4v) is 3.13. The van der Waals surface area contributed by atoms with E-state index in [9.17, 15) is 4.39 Å². The number of rotatable bonds is 2. The van der Waals surface area contributed by atoms with Crippen molar-refractivity contribution in [2.24, 2.45) is 12.8 Å². The van der Waals surface area contributed by atoms with Crippen LogP contribution in [0.5, 0.6) is 0 Å². The molecule has 2 aromatic rings. The van der Waals surface area contributed by atoms with Gasteiger partial charge in [0.05, 0.1) is 0 Å². The summed E-state index contributed by atoms with van der Waals surface area (Å²) in [6.07, 6.45) is 3.90. The molecule has 0 atom stereocenters. The van der Waals surface area contributed by atoms with Gasteiger partial charge in [-0.3, -0.25) is 0 Å². The molecule has 1 aliphatic rings. The van der Waals surface area contributed by atoms with Gasteiger partial charge in [0, 0.05) is 49.3 Å². The lowest BCUT2D eigenvalue weighted by Gasteiger charge is -2.36. The van der Waals surface area contributed by atoms with Gasteiger partial charge < -0.3 is 15.0 Å². The Bertz CT molecular complexity index is 599. The van der Waals surface area contributed by atoms with Gasteiger partial charge >= 0.3 is 0 Å². The average molecular weight is 262 g/mol. The second-order valence-corrected chi connectivity index (χ2v) is 5.41. The van der Waals surface area contributed by atoms with Gasteiger partial charge in [-0.2, -0.15) is 0 Å². The highest BCUT2D eigenvalue weighted by Gasteiger charge is 2.35. The number of hydrogen-bond acceptors (Lipinski definition) is 2. The fourth-order valence-electron chi connectivity index (χ4n) is 3.13. The van der Waals surface area contributed by atoms with Crippen LogP contribution in [0.15, 0.2) is 24.4 Å². The van der Waals surface area contributed by atoms with Crippen LogP contribution in [0.4, 0.5) is 4.39 Å². The second-order valence-electron chi connectivity index (χ2n) is 5.41. The number of nitrogens with zero attached hydrogens (tertiary/aromatic N) is 1. The van der Waals surface area contributed by atoms with Crippen molar-refractivity contribution in [1.82, 2.24) is 4.57 Å². The van der Waals surface area contributed by atoms with E-state index >= 15 is 0 Å². The molecule has 4 heteroatoms. The Hall–Kier alpha value is -1.39. The third-order valence-electron chi connectivity index (χ3n) is 4.36. The van der Waals surface area contributed by atoms with E-state index in [-0.39, 0.29) is 11.2 Å². The van der Waals surface area contributed by atoms with Crippen molar-refractivity contribution >= 4 is 10.9 Å². The smallest absolute Gasteiger partial charge is 0.123 e. The zero-order chi connectivity index (χ0) is 13.5. The predicted molar refractivity (Wildman–Crippen MR) is 73.7 cm³/mol. The van der Waals surface area contributed by atoms with E-state index in [0.717, 1.165) is 42.5 Å². The zero-order valence-electron chi connectivity index (χ0n) is 11.2. The molecular weight excluding hydrogens is 243 g/mol. The summed E-state index contributed by atoms with van der Waals surface area (Å²) in [7, 11) is 1.99. The van der Waals surface area contributed by atoms with Gasteiger partial charge in [0.1, 0.15) is 5.82 Å². The summed E-state index contributed by atoms with van der Waals surface area (Å²) in [5, 5.41) is 0.981. The van der Waals surface area contributed by atoms with Crippen molar-refractivity contribution in [2.75, 3.05) is 19.8 Å². The van der Waals surface area contributed by atoms with Crippen LogP contribution < -0.4 is 5.73 Å². The van der Waals surface area contributed by atoms with Gasteiger partial charge in [0.2, 0.25) is 0 Å². The Morgan fingerprint density at radius 1 is 1.37 bits per heavy atom. The van der Waals surface area contributed by atoms with E-state index in [4.69, 9.17) is 10.5 Å². The van der Waals surface area contributed by atoms with Crippen molar-refractivity contribution in [2.45, 2.75) is 18.3 Å². The molecule has 0 bridgehead atoms. The molecular formula is C15H19FN2O. The maximum atomic E-state index is 13.6. The first-order valence-corrected chi connectivity index (χ1v) is 6.69. The maximum Gasteiger partial charge on any atom is 0.123 e. The number of aromatic nitrogens is 1. The summed E-state index contributed by atoms with van der Waals surface area (Å²) in [4.78, 5) is 0. The Kier molecular flexibility index (Phi) is 3.07. The van der Waals surface area contributed by atoms with Gasteiger partial charge in [-0.25, -0.2) is 4.39 Å². The maximum absolute atomic E-state index is 13.6. The van der Waals surface area contributed by atoms with Gasteiger partial charge in [0.25, 0.3) is 0 Å². The Balaban J connectivity index is 2.20. The highest BCUT2D eigenvalue weighted by molar-refractivity contribution is 5.85. The van der Waals surface area contributed by atoms with Gasteiger partial charge in [-0.05, 0) is 36.6 Å². The molecule has 1 saturated heterocycles. The normalized spacial score (nSPS) is 18.9. The molecule has 1 aromatic heterocycles. The topological polar surface area (TPSA) is 40.2 Å². The molecule has 3 rings (SSSR count). The quantitative estimate of drug-likeness (QED) is 0.902. The van der Waals surface area contributed by atoms with Crippen LogP contribution in [0.2, 0.25) is 0 Å². The third kappa shape index (κ3) is 1.95. The third-order valence-corrected chi connectivity index (χ3v) is 4.36. The minimum atomic E-state index is -0.195. The zero-order valence-corrected chi connectivity index (χ0v) is 11.2. The van der Waals surface area contributed by atoms with Gasteiger partial charge in [0.15, 0.2) is 0 Å². The first-order valence-electron chi connectivity index (χ1n) is 6.69. The Morgan fingerprint density at radius 3 is 2.79 bits per heavy atom. The van der Waals surface area contributed by atoms with Crippen LogP contribution in [0, 0.1) is 5.82 Å². The molecule has 1 aromatic carbocycles. The summed E-state index contributed by atoms with van der Waals surface area (Å²) in [6, 6.07) is 4.96. The number of aryl methyl sites for hydroxylation is 1. The van der Waals surface area contributed by atoms with E-state index in [1.54, 1.807) is 6.07 Å². The standard InChI is InChI=1S/C15H19FN2O/c1-18-9-13(12-8-11(16)2-3-14(12)18)15(10-17)4-6-19-7-5-15/h2-3,8-9H,4-7,10,17H2,1H3. The van der Waals surface area contributed by atoms with Gasteiger partial charge in [-0.15, -0.1) is 0 Å². The number of nitrogens with two attached hydrogens (primary N) is 1. The molecule has 0 radical (unpaired) electrons. The van der Waals surface area contributed by atoms with Crippen LogP contribution >= 0.6 is 0 Å². The Morgan fingerprint density at radius 2 is 2.11 bits per heavy atom. The van der Waals surface area contributed by atoms with Crippen molar-refractivity contribution in [3.8, 4) is 0 Å². The molecule has 1 aliphatic heterocycles. The van der Waals surface area contributed by atoms with Crippen molar-refractivity contribution in [3.05, 3.63) is 35.8 Å². The highest BCUT2D eigenvalue weighted by Crippen LogP contribution is 2.38. The summed E-state index contributed by atoms with van der Waals surface area (Å²) in [6.45, 7) is 2.03. The lowest BCUT2D eigenvalue weighted by molar-refractivity contribution is 0.0534. The van der Waals surface area contributed by atoms with E-state index in [1.807, 2.05) is 13.1 Å². The lowest BCUT2D eigenvalue weighted by atomic mass is 9.74. The molecule has 2 heterocycles. The monoisotopic (exact) mass is 262 g/mol. The van der Waals surface area contributed by atoms with E-state index in [1.165, 1.54) is 6.07 Å². The summed E-state index contributed by atoms with van der Waals surface area (Å²) < 4.78 is 21.1. The van der Waals surface area contributed by atoms with E-state index in [2.05, 4.69) is 10.8 Å². The van der Waals surface area contributed by atoms with Crippen LogP contribution in [0.3, 0.4) is 0 Å². The second kappa shape index (κ2) is 4.62. The predicted octanol–water partition coefficient (Wildman–Crippen LogP) is 2.32. The Labute approximate surface area is 112 Å². The number of ether oxygens (including phenoxy) is 1. The first-order chi connectivity index (χ1) is 9.16. The number of fused-ring (bicyclic) bond motifs is 1. The molecule has 0 amide bonds. The highest BCUT2D eigenvalue weighted by atomic mass is 19.1. The molecule has 0 aliphatic carbocycles. The first kappa shape index (κ1) is 12.6. The molecule has 102 valence electrons. The molecule has 1 fully saturated rings. The summed E-state index contributed by atoms with van der Waals surface area (Å²) in [5.74, 6) is -0.195.